The summed E-state index contributed by atoms with van der Waals surface area (Å²) in [5.41, 5.74) is -0.384. The van der Waals surface area contributed by atoms with Gasteiger partial charge in [-0.05, 0) is 30.4 Å². The first kappa shape index (κ1) is 17.4. The Balaban J connectivity index is 1.73. The molecule has 2 aromatic heterocycles. The molecule has 3 heterocycles. The maximum Gasteiger partial charge on any atom is 0.340 e. The molecule has 7 nitrogen and oxygen atoms in total. The molecule has 1 aliphatic heterocycles. The van der Waals surface area contributed by atoms with Crippen molar-refractivity contribution in [2.45, 2.75) is 49.2 Å². The molecule has 24 heavy (non-hydrogen) atoms. The van der Waals surface area contributed by atoms with E-state index in [0.717, 1.165) is 4.88 Å². The van der Waals surface area contributed by atoms with Gasteiger partial charge in [0.15, 0.2) is 0 Å². The van der Waals surface area contributed by atoms with Gasteiger partial charge in [-0.3, -0.25) is 4.98 Å². The highest BCUT2D eigenvalue weighted by molar-refractivity contribution is 7.91. The molecule has 1 saturated heterocycles. The van der Waals surface area contributed by atoms with Crippen molar-refractivity contribution >= 4 is 21.4 Å². The van der Waals surface area contributed by atoms with E-state index >= 15 is 0 Å². The Labute approximate surface area is 145 Å². The van der Waals surface area contributed by atoms with E-state index in [1.54, 1.807) is 6.07 Å². The van der Waals surface area contributed by atoms with Crippen LogP contribution in [-0.4, -0.2) is 41.0 Å². The number of nitrogens with one attached hydrogen (secondary N) is 2. The standard InChI is InChI=1S/C15H22N4O3S2/c1-15(2,3)11-4-5-12(23-11)24(21,22)19-8-6-10(7-9-19)13-16-14(20)18-17-13/h4-5,10H,6-9H2,1-3H3,(H2,16,17,18,20). The Morgan fingerprint density at radius 3 is 2.42 bits per heavy atom. The van der Waals surface area contributed by atoms with E-state index in [0.29, 0.717) is 36.0 Å². The van der Waals surface area contributed by atoms with Gasteiger partial charge in [0.2, 0.25) is 0 Å². The molecular weight excluding hydrogens is 348 g/mol. The molecule has 0 atom stereocenters. The van der Waals surface area contributed by atoms with Crippen LogP contribution in [-0.2, 0) is 15.4 Å². The van der Waals surface area contributed by atoms with Crippen molar-refractivity contribution in [3.63, 3.8) is 0 Å². The summed E-state index contributed by atoms with van der Waals surface area (Å²) in [6.45, 7) is 7.09. The second-order valence-corrected chi connectivity index (χ2v) is 10.4. The van der Waals surface area contributed by atoms with Crippen LogP contribution in [0.5, 0.6) is 0 Å². The van der Waals surface area contributed by atoms with E-state index in [4.69, 9.17) is 0 Å². The van der Waals surface area contributed by atoms with Crippen LogP contribution < -0.4 is 5.69 Å². The van der Waals surface area contributed by atoms with Crippen LogP contribution in [0, 0.1) is 0 Å². The lowest BCUT2D eigenvalue weighted by Gasteiger charge is -2.29. The molecule has 0 aliphatic carbocycles. The fourth-order valence-corrected chi connectivity index (χ4v) is 5.82. The molecule has 0 amide bonds. The van der Waals surface area contributed by atoms with Crippen molar-refractivity contribution < 1.29 is 8.42 Å². The molecule has 0 saturated carbocycles. The summed E-state index contributed by atoms with van der Waals surface area (Å²) in [7, 11) is -3.45. The average molecular weight is 371 g/mol. The lowest BCUT2D eigenvalue weighted by Crippen LogP contribution is -2.37. The molecule has 132 valence electrons. The first-order valence-corrected chi connectivity index (χ1v) is 10.2. The van der Waals surface area contributed by atoms with Gasteiger partial charge in [-0.15, -0.1) is 11.3 Å². The number of aromatic amines is 2. The summed E-state index contributed by atoms with van der Waals surface area (Å²) in [4.78, 5) is 14.9. The van der Waals surface area contributed by atoms with Crippen LogP contribution in [0.1, 0.15) is 50.2 Å². The zero-order valence-corrected chi connectivity index (χ0v) is 15.6. The Hall–Kier alpha value is -1.45. The van der Waals surface area contributed by atoms with Crippen molar-refractivity contribution in [1.82, 2.24) is 19.5 Å². The van der Waals surface area contributed by atoms with Gasteiger partial charge in [-0.1, -0.05) is 20.8 Å². The van der Waals surface area contributed by atoms with Crippen LogP contribution in [0.25, 0.3) is 0 Å². The summed E-state index contributed by atoms with van der Waals surface area (Å²) in [5, 5.41) is 6.31. The lowest BCUT2D eigenvalue weighted by molar-refractivity contribution is 0.314. The van der Waals surface area contributed by atoms with E-state index < -0.39 is 10.0 Å². The molecule has 0 radical (unpaired) electrons. The predicted octanol–water partition coefficient (Wildman–Crippen LogP) is 2.03. The maximum absolute atomic E-state index is 12.8. The highest BCUT2D eigenvalue weighted by atomic mass is 32.2. The topological polar surface area (TPSA) is 98.9 Å². The largest absolute Gasteiger partial charge is 0.340 e. The minimum Gasteiger partial charge on any atom is -0.293 e. The van der Waals surface area contributed by atoms with Gasteiger partial charge in [0, 0.05) is 23.9 Å². The van der Waals surface area contributed by atoms with E-state index in [9.17, 15) is 13.2 Å². The molecule has 0 aromatic carbocycles. The van der Waals surface area contributed by atoms with Crippen molar-refractivity contribution in [3.05, 3.63) is 33.3 Å². The second-order valence-electron chi connectivity index (χ2n) is 7.11. The summed E-state index contributed by atoms with van der Waals surface area (Å²) >= 11 is 1.35. The SMILES string of the molecule is CC(C)(C)c1ccc(S(=O)(=O)N2CCC(c3n[nH]c(=O)[nH]3)CC2)s1. The number of aromatic nitrogens is 3. The Morgan fingerprint density at radius 2 is 1.92 bits per heavy atom. The van der Waals surface area contributed by atoms with Gasteiger partial charge in [0.25, 0.3) is 10.0 Å². The molecule has 0 spiro atoms. The van der Waals surface area contributed by atoms with E-state index in [1.807, 2.05) is 6.07 Å². The molecule has 1 aliphatic rings. The smallest absolute Gasteiger partial charge is 0.293 e. The number of sulfonamides is 1. The molecule has 0 bridgehead atoms. The fourth-order valence-electron chi connectivity index (χ4n) is 2.84. The monoisotopic (exact) mass is 370 g/mol. The normalized spacial score (nSPS) is 18.1. The number of hydrogen-bond acceptors (Lipinski definition) is 5. The fraction of sp³-hybridized carbons (Fsp3) is 0.600. The average Bonchev–Trinajstić information content (AvgIpc) is 3.16. The second kappa shape index (κ2) is 6.12. The van der Waals surface area contributed by atoms with E-state index in [1.165, 1.54) is 15.6 Å². The van der Waals surface area contributed by atoms with Gasteiger partial charge in [0.05, 0.1) is 0 Å². The number of H-pyrrole nitrogens is 2. The van der Waals surface area contributed by atoms with Gasteiger partial charge in [0.1, 0.15) is 10.0 Å². The van der Waals surface area contributed by atoms with E-state index in [2.05, 4.69) is 36.0 Å². The third-order valence-corrected chi connectivity index (χ3v) is 8.15. The van der Waals surface area contributed by atoms with Crippen molar-refractivity contribution in [2.24, 2.45) is 0 Å². The zero-order chi connectivity index (χ0) is 17.5. The van der Waals surface area contributed by atoms with Gasteiger partial charge < -0.3 is 0 Å². The Morgan fingerprint density at radius 1 is 1.25 bits per heavy atom. The number of rotatable bonds is 3. The summed E-state index contributed by atoms with van der Waals surface area (Å²) in [6, 6.07) is 3.61. The predicted molar refractivity (Wildman–Crippen MR) is 93.0 cm³/mol. The molecule has 1 fully saturated rings. The number of thiophene rings is 1. The van der Waals surface area contributed by atoms with Crippen molar-refractivity contribution in [3.8, 4) is 0 Å². The minimum atomic E-state index is -3.45. The number of piperidine rings is 1. The maximum atomic E-state index is 12.8. The molecule has 9 heteroatoms. The number of nitrogens with zero attached hydrogens (tertiary/aromatic N) is 2. The molecule has 2 aromatic rings. The first-order valence-electron chi connectivity index (χ1n) is 7.93. The summed E-state index contributed by atoms with van der Waals surface area (Å²) in [5.74, 6) is 0.701. The summed E-state index contributed by atoms with van der Waals surface area (Å²) in [6.07, 6.45) is 1.30. The highest BCUT2D eigenvalue weighted by Crippen LogP contribution is 2.35. The van der Waals surface area contributed by atoms with Crippen LogP contribution in [0.2, 0.25) is 0 Å². The molecule has 3 rings (SSSR count). The lowest BCUT2D eigenvalue weighted by atomic mass is 9.95. The quantitative estimate of drug-likeness (QED) is 0.863. The summed E-state index contributed by atoms with van der Waals surface area (Å²) < 4.78 is 27.6. The van der Waals surface area contributed by atoms with Crippen LogP contribution in [0.3, 0.4) is 0 Å². The Bertz CT molecular complexity index is 865. The van der Waals surface area contributed by atoms with Gasteiger partial charge in [-0.2, -0.15) is 9.40 Å². The third-order valence-electron chi connectivity index (χ3n) is 4.27. The van der Waals surface area contributed by atoms with Crippen LogP contribution >= 0.6 is 11.3 Å². The number of hydrogen-bond donors (Lipinski definition) is 2. The van der Waals surface area contributed by atoms with Crippen LogP contribution in [0.4, 0.5) is 0 Å². The molecular formula is C15H22N4O3S2. The highest BCUT2D eigenvalue weighted by Gasteiger charge is 2.32. The van der Waals surface area contributed by atoms with Crippen LogP contribution in [0.15, 0.2) is 21.1 Å². The zero-order valence-electron chi connectivity index (χ0n) is 14.0. The molecule has 0 unspecified atom stereocenters. The molecule has 2 N–H and O–H groups in total. The minimum absolute atomic E-state index is 0.0583. The third kappa shape index (κ3) is 3.33. The van der Waals surface area contributed by atoms with Gasteiger partial charge in [-0.25, -0.2) is 18.3 Å². The van der Waals surface area contributed by atoms with E-state index in [-0.39, 0.29) is 17.0 Å². The van der Waals surface area contributed by atoms with Crippen molar-refractivity contribution in [2.75, 3.05) is 13.1 Å². The van der Waals surface area contributed by atoms with Crippen molar-refractivity contribution in [1.29, 1.82) is 0 Å². The van der Waals surface area contributed by atoms with Gasteiger partial charge >= 0.3 is 5.69 Å². The Kier molecular flexibility index (Phi) is 4.43. The first-order chi connectivity index (χ1) is 11.2.